The third-order valence-electron chi connectivity index (χ3n) is 4.50. The molecule has 156 valence electrons. The zero-order valence-corrected chi connectivity index (χ0v) is 17.7. The van der Waals surface area contributed by atoms with Crippen molar-refractivity contribution in [3.63, 3.8) is 0 Å². The maximum Gasteiger partial charge on any atom is 0.339 e. The number of benzene rings is 3. The number of aryl methyl sites for hydroxylation is 3. The Morgan fingerprint density at radius 1 is 0.833 bits per heavy atom. The SMILES string of the molecule is Cc1ccc(S(=O)(=O)O/C(=C\c2ccccc2)C(F)(F)c2cc(C)cc(C)c2)cc1. The molecule has 6 heteroatoms. The molecule has 0 spiro atoms. The summed E-state index contributed by atoms with van der Waals surface area (Å²) in [4.78, 5) is -0.191. The Bertz CT molecular complexity index is 1150. The number of halogens is 2. The van der Waals surface area contributed by atoms with Crippen LogP contribution in [0.25, 0.3) is 6.08 Å². The molecule has 0 aliphatic carbocycles. The van der Waals surface area contributed by atoms with Crippen molar-refractivity contribution in [2.24, 2.45) is 0 Å². The topological polar surface area (TPSA) is 43.4 Å². The summed E-state index contributed by atoms with van der Waals surface area (Å²) in [6.45, 7) is 5.21. The van der Waals surface area contributed by atoms with Gasteiger partial charge in [-0.05, 0) is 56.7 Å². The van der Waals surface area contributed by atoms with Crippen LogP contribution < -0.4 is 0 Å². The van der Waals surface area contributed by atoms with Crippen molar-refractivity contribution in [3.05, 3.63) is 106 Å². The minimum absolute atomic E-state index is 0.191. The number of hydrogen-bond donors (Lipinski definition) is 0. The molecule has 30 heavy (non-hydrogen) atoms. The van der Waals surface area contributed by atoms with Crippen LogP contribution >= 0.6 is 0 Å². The summed E-state index contributed by atoms with van der Waals surface area (Å²) < 4.78 is 61.6. The molecule has 0 N–H and O–H groups in total. The molecule has 0 saturated heterocycles. The van der Waals surface area contributed by atoms with Crippen molar-refractivity contribution in [3.8, 4) is 0 Å². The molecule has 0 aromatic heterocycles. The Morgan fingerprint density at radius 2 is 1.40 bits per heavy atom. The fourth-order valence-electron chi connectivity index (χ4n) is 3.04. The molecule has 3 rings (SSSR count). The number of rotatable bonds is 6. The molecule has 0 unspecified atom stereocenters. The van der Waals surface area contributed by atoms with E-state index in [1.807, 2.05) is 0 Å². The molecule has 3 nitrogen and oxygen atoms in total. The van der Waals surface area contributed by atoms with E-state index in [9.17, 15) is 8.42 Å². The Hall–Kier alpha value is -2.99. The zero-order chi connectivity index (χ0) is 21.9. The summed E-state index contributed by atoms with van der Waals surface area (Å²) in [5, 5.41) is 0. The largest absolute Gasteiger partial charge is 0.377 e. The first kappa shape index (κ1) is 21.7. The molecule has 0 heterocycles. The number of hydrogen-bond acceptors (Lipinski definition) is 3. The summed E-state index contributed by atoms with van der Waals surface area (Å²) in [5.74, 6) is -4.62. The van der Waals surface area contributed by atoms with Gasteiger partial charge in [-0.15, -0.1) is 0 Å². The molecule has 3 aromatic rings. The lowest BCUT2D eigenvalue weighted by atomic mass is 10.0. The predicted octanol–water partition coefficient (Wildman–Crippen LogP) is 6.15. The minimum atomic E-state index is -4.46. The number of allylic oxidation sites excluding steroid dienone is 1. The van der Waals surface area contributed by atoms with Crippen LogP contribution in [0.1, 0.15) is 27.8 Å². The van der Waals surface area contributed by atoms with E-state index in [4.69, 9.17) is 4.18 Å². The minimum Gasteiger partial charge on any atom is -0.377 e. The third-order valence-corrected chi connectivity index (χ3v) is 5.75. The van der Waals surface area contributed by atoms with E-state index in [2.05, 4.69) is 0 Å². The summed E-state index contributed by atoms with van der Waals surface area (Å²) in [6, 6.07) is 18.5. The molecule has 0 atom stereocenters. The van der Waals surface area contributed by atoms with Gasteiger partial charge in [0.05, 0.1) is 0 Å². The van der Waals surface area contributed by atoms with Gasteiger partial charge >= 0.3 is 16.0 Å². The summed E-state index contributed by atoms with van der Waals surface area (Å²) >= 11 is 0. The van der Waals surface area contributed by atoms with E-state index in [0.717, 1.165) is 11.6 Å². The van der Waals surface area contributed by atoms with E-state index in [1.54, 1.807) is 69.3 Å². The van der Waals surface area contributed by atoms with E-state index in [1.165, 1.54) is 24.3 Å². The second-order valence-corrected chi connectivity index (χ2v) is 8.77. The van der Waals surface area contributed by atoms with E-state index >= 15 is 8.78 Å². The van der Waals surface area contributed by atoms with E-state index < -0.39 is 21.8 Å². The highest BCUT2D eigenvalue weighted by Gasteiger charge is 2.41. The van der Waals surface area contributed by atoms with Crippen LogP contribution in [-0.2, 0) is 20.2 Å². The van der Waals surface area contributed by atoms with Crippen molar-refractivity contribution in [2.45, 2.75) is 31.6 Å². The summed E-state index contributed by atoms with van der Waals surface area (Å²) in [6.07, 6.45) is 1.06. The standard InChI is InChI=1S/C24H22F2O3S/c1-17-9-11-22(12-10-17)30(27,28)29-23(16-20-7-5-4-6-8-20)24(25,26)21-14-18(2)13-19(3)15-21/h4-16H,1-3H3/b23-16-. The summed E-state index contributed by atoms with van der Waals surface area (Å²) in [5.41, 5.74) is 2.20. The molecule has 0 aliphatic heterocycles. The molecule has 0 amide bonds. The molecular formula is C24H22F2O3S. The van der Waals surface area contributed by atoms with Crippen LogP contribution in [0.15, 0.2) is 83.5 Å². The summed E-state index contributed by atoms with van der Waals surface area (Å²) in [7, 11) is -4.46. The molecule has 0 fully saturated rings. The molecule has 3 aromatic carbocycles. The van der Waals surface area contributed by atoms with Crippen LogP contribution in [0, 0.1) is 20.8 Å². The van der Waals surface area contributed by atoms with Crippen molar-refractivity contribution in [1.82, 2.24) is 0 Å². The average molecular weight is 429 g/mol. The van der Waals surface area contributed by atoms with Crippen molar-refractivity contribution in [1.29, 1.82) is 0 Å². The van der Waals surface area contributed by atoms with Crippen LogP contribution in [-0.4, -0.2) is 8.42 Å². The Morgan fingerprint density at radius 3 is 1.97 bits per heavy atom. The highest BCUT2D eigenvalue weighted by atomic mass is 32.2. The van der Waals surface area contributed by atoms with Gasteiger partial charge in [-0.3, -0.25) is 0 Å². The average Bonchev–Trinajstić information content (AvgIpc) is 2.68. The lowest BCUT2D eigenvalue weighted by Crippen LogP contribution is -2.22. The second kappa shape index (κ2) is 8.40. The highest BCUT2D eigenvalue weighted by Crippen LogP contribution is 2.40. The van der Waals surface area contributed by atoms with Gasteiger partial charge in [-0.2, -0.15) is 17.2 Å². The molecule has 0 radical (unpaired) electrons. The quantitative estimate of drug-likeness (QED) is 0.349. The fraction of sp³-hybridized carbons (Fsp3) is 0.167. The first-order chi connectivity index (χ1) is 14.1. The van der Waals surface area contributed by atoms with Crippen molar-refractivity contribution in [2.75, 3.05) is 0 Å². The Labute approximate surface area is 175 Å². The second-order valence-electron chi connectivity index (χ2n) is 7.22. The van der Waals surface area contributed by atoms with Gasteiger partial charge in [0, 0.05) is 5.56 Å². The highest BCUT2D eigenvalue weighted by molar-refractivity contribution is 7.86. The van der Waals surface area contributed by atoms with E-state index in [-0.39, 0.29) is 10.5 Å². The van der Waals surface area contributed by atoms with Crippen molar-refractivity contribution >= 4 is 16.2 Å². The Balaban J connectivity index is 2.11. The van der Waals surface area contributed by atoms with Gasteiger partial charge in [0.15, 0.2) is 5.76 Å². The van der Waals surface area contributed by atoms with Gasteiger partial charge in [-0.1, -0.05) is 65.2 Å². The lowest BCUT2D eigenvalue weighted by Gasteiger charge is -2.21. The monoisotopic (exact) mass is 428 g/mol. The zero-order valence-electron chi connectivity index (χ0n) is 16.9. The van der Waals surface area contributed by atoms with Gasteiger partial charge in [0.1, 0.15) is 4.90 Å². The predicted molar refractivity (Wildman–Crippen MR) is 114 cm³/mol. The van der Waals surface area contributed by atoms with Gasteiger partial charge in [-0.25, -0.2) is 0 Å². The fourth-order valence-corrected chi connectivity index (χ4v) is 3.99. The molecular weight excluding hydrogens is 406 g/mol. The van der Waals surface area contributed by atoms with Crippen LogP contribution in [0.3, 0.4) is 0 Å². The first-order valence-corrected chi connectivity index (χ1v) is 10.7. The molecule has 0 bridgehead atoms. The maximum absolute atomic E-state index is 15.5. The normalized spacial score (nSPS) is 12.6. The van der Waals surface area contributed by atoms with Crippen LogP contribution in [0.5, 0.6) is 0 Å². The number of alkyl halides is 2. The third kappa shape index (κ3) is 4.94. The molecule has 0 saturated carbocycles. The van der Waals surface area contributed by atoms with Crippen LogP contribution in [0.4, 0.5) is 8.78 Å². The molecule has 0 aliphatic rings. The Kier molecular flexibility index (Phi) is 6.08. The van der Waals surface area contributed by atoms with Gasteiger partial charge in [0.25, 0.3) is 0 Å². The lowest BCUT2D eigenvalue weighted by molar-refractivity contribution is 0.00371. The maximum atomic E-state index is 15.5. The van der Waals surface area contributed by atoms with Crippen molar-refractivity contribution < 1.29 is 21.4 Å². The van der Waals surface area contributed by atoms with Gasteiger partial charge < -0.3 is 4.18 Å². The van der Waals surface area contributed by atoms with E-state index in [0.29, 0.717) is 16.7 Å². The van der Waals surface area contributed by atoms with Gasteiger partial charge in [0.2, 0.25) is 0 Å². The first-order valence-electron chi connectivity index (χ1n) is 9.33. The smallest absolute Gasteiger partial charge is 0.339 e. The van der Waals surface area contributed by atoms with Crippen LogP contribution in [0.2, 0.25) is 0 Å².